The van der Waals surface area contributed by atoms with Crippen molar-refractivity contribution in [2.45, 2.75) is 33.4 Å². The van der Waals surface area contributed by atoms with E-state index in [2.05, 4.69) is 42.1 Å². The van der Waals surface area contributed by atoms with Crippen molar-refractivity contribution in [1.82, 2.24) is 20.2 Å². The Morgan fingerprint density at radius 3 is 2.69 bits per heavy atom. The monoisotopic (exact) mass is 592 g/mol. The number of hydrogen-bond donors (Lipinski definition) is 2. The molecule has 200 valence electrons. The molecule has 0 saturated carbocycles. The lowest BCUT2D eigenvalue weighted by molar-refractivity contribution is -0.113. The highest BCUT2D eigenvalue weighted by Gasteiger charge is 2.35. The van der Waals surface area contributed by atoms with E-state index in [4.69, 9.17) is 9.47 Å². The third-order valence-electron chi connectivity index (χ3n) is 6.49. The lowest BCUT2D eigenvalue weighted by Gasteiger charge is -2.29. The lowest BCUT2D eigenvalue weighted by Crippen LogP contribution is -2.31. The van der Waals surface area contributed by atoms with E-state index in [-0.39, 0.29) is 18.3 Å². The number of methoxy groups -OCH3 is 1. The number of benzene rings is 3. The number of rotatable bonds is 7. The number of tetrazole rings is 1. The number of carbonyl (C=O) groups excluding carboxylic acids is 1. The number of halogens is 2. The number of allylic oxidation sites excluding steroid dienone is 1. The number of aryl methyl sites for hydroxylation is 2. The molecule has 9 nitrogen and oxygen atoms in total. The van der Waals surface area contributed by atoms with Gasteiger partial charge >= 0.3 is 0 Å². The van der Waals surface area contributed by atoms with Crippen LogP contribution in [-0.4, -0.2) is 33.2 Å². The van der Waals surface area contributed by atoms with Gasteiger partial charge in [0.25, 0.3) is 5.91 Å². The molecule has 1 atom stereocenters. The molecule has 2 heterocycles. The van der Waals surface area contributed by atoms with Crippen LogP contribution in [0, 0.1) is 19.7 Å². The number of nitrogens with one attached hydrogen (secondary N) is 2. The minimum atomic E-state index is -0.673. The van der Waals surface area contributed by atoms with Crippen LogP contribution in [0.2, 0.25) is 0 Å². The van der Waals surface area contributed by atoms with Crippen molar-refractivity contribution in [2.24, 2.45) is 0 Å². The Kier molecular flexibility index (Phi) is 7.34. The second-order valence-corrected chi connectivity index (χ2v) is 10.1. The molecule has 0 spiro atoms. The van der Waals surface area contributed by atoms with Gasteiger partial charge in [-0.2, -0.15) is 4.68 Å². The Labute approximate surface area is 233 Å². The number of hydrogen-bond acceptors (Lipinski definition) is 7. The molecule has 0 aliphatic carbocycles. The van der Waals surface area contributed by atoms with E-state index < -0.39 is 6.04 Å². The molecule has 2 N–H and O–H groups in total. The van der Waals surface area contributed by atoms with Crippen LogP contribution in [0.1, 0.15) is 35.2 Å². The SMILES string of the molecule is COc1cc(C2C(C(=O)Nc3ccc(C)cc3C)=C(C)Nc3nnnn32)cc(Br)c1OCc1ccccc1F. The second kappa shape index (κ2) is 10.9. The van der Waals surface area contributed by atoms with Crippen molar-refractivity contribution < 1.29 is 18.7 Å². The molecule has 0 radical (unpaired) electrons. The first-order valence-electron chi connectivity index (χ1n) is 12.1. The fourth-order valence-electron chi connectivity index (χ4n) is 4.56. The van der Waals surface area contributed by atoms with Crippen molar-refractivity contribution in [3.05, 3.63) is 98.4 Å². The van der Waals surface area contributed by atoms with E-state index in [0.29, 0.717) is 50.0 Å². The van der Waals surface area contributed by atoms with Gasteiger partial charge in [-0.3, -0.25) is 4.79 Å². The number of nitrogens with zero attached hydrogens (tertiary/aromatic N) is 4. The molecule has 1 amide bonds. The fraction of sp³-hybridized carbons (Fsp3) is 0.214. The van der Waals surface area contributed by atoms with Crippen molar-refractivity contribution >= 4 is 33.5 Å². The number of anilines is 2. The van der Waals surface area contributed by atoms with Gasteiger partial charge < -0.3 is 20.1 Å². The zero-order valence-corrected chi connectivity index (χ0v) is 23.3. The van der Waals surface area contributed by atoms with Gasteiger partial charge in [-0.1, -0.05) is 41.0 Å². The molecule has 0 bridgehead atoms. The van der Waals surface area contributed by atoms with Gasteiger partial charge in [0.15, 0.2) is 11.5 Å². The maximum atomic E-state index is 14.2. The van der Waals surface area contributed by atoms with Crippen molar-refractivity contribution in [3.63, 3.8) is 0 Å². The summed E-state index contributed by atoms with van der Waals surface area (Å²) in [6.07, 6.45) is 0. The Morgan fingerprint density at radius 2 is 1.95 bits per heavy atom. The standard InChI is InChI=1S/C28H26BrFN6O3/c1-15-9-10-22(16(2)11-15)32-27(37)24-17(3)31-28-33-34-35-36(28)25(24)19-12-20(29)26(23(13-19)38-4)39-14-18-7-5-6-8-21(18)30/h5-13,25H,14H2,1-4H3,(H,32,37)(H,31,33,35). The molecule has 1 unspecified atom stereocenters. The average molecular weight is 593 g/mol. The van der Waals surface area contributed by atoms with Crippen LogP contribution in [0.5, 0.6) is 11.5 Å². The number of amides is 1. The molecule has 0 fully saturated rings. The van der Waals surface area contributed by atoms with Crippen molar-refractivity contribution in [2.75, 3.05) is 17.7 Å². The predicted molar refractivity (Wildman–Crippen MR) is 148 cm³/mol. The number of fused-ring (bicyclic) bond motifs is 1. The largest absolute Gasteiger partial charge is 0.493 e. The highest BCUT2D eigenvalue weighted by molar-refractivity contribution is 9.10. The van der Waals surface area contributed by atoms with Crippen molar-refractivity contribution in [3.8, 4) is 11.5 Å². The zero-order valence-electron chi connectivity index (χ0n) is 21.8. The first-order valence-corrected chi connectivity index (χ1v) is 12.9. The van der Waals surface area contributed by atoms with E-state index in [9.17, 15) is 9.18 Å². The molecule has 39 heavy (non-hydrogen) atoms. The van der Waals surface area contributed by atoms with Gasteiger partial charge in [-0.15, -0.1) is 0 Å². The maximum absolute atomic E-state index is 14.2. The molecule has 4 aromatic rings. The summed E-state index contributed by atoms with van der Waals surface area (Å²) in [4.78, 5) is 13.7. The summed E-state index contributed by atoms with van der Waals surface area (Å²) in [6, 6.07) is 15.2. The van der Waals surface area contributed by atoms with Gasteiger partial charge in [-0.05, 0) is 82.5 Å². The minimum absolute atomic E-state index is 0.00798. The molecule has 3 aromatic carbocycles. The number of ether oxygens (including phenoxy) is 2. The molecular weight excluding hydrogens is 567 g/mol. The Hall–Kier alpha value is -4.25. The lowest BCUT2D eigenvalue weighted by atomic mass is 9.94. The van der Waals surface area contributed by atoms with Crippen LogP contribution in [0.3, 0.4) is 0 Å². The summed E-state index contributed by atoms with van der Waals surface area (Å²) in [6.45, 7) is 5.76. The summed E-state index contributed by atoms with van der Waals surface area (Å²) in [5.41, 5.74) is 4.90. The summed E-state index contributed by atoms with van der Waals surface area (Å²) in [5, 5.41) is 18.2. The van der Waals surface area contributed by atoms with Gasteiger partial charge in [0.1, 0.15) is 18.5 Å². The van der Waals surface area contributed by atoms with Crippen LogP contribution in [0.15, 0.2) is 70.3 Å². The Bertz CT molecular complexity index is 1600. The maximum Gasteiger partial charge on any atom is 0.255 e. The molecular formula is C28H26BrFN6O3. The van der Waals surface area contributed by atoms with Crippen LogP contribution in [-0.2, 0) is 11.4 Å². The van der Waals surface area contributed by atoms with Crippen molar-refractivity contribution in [1.29, 1.82) is 0 Å². The van der Waals surface area contributed by atoms with Crippen LogP contribution >= 0.6 is 15.9 Å². The highest BCUT2D eigenvalue weighted by Crippen LogP contribution is 2.43. The summed E-state index contributed by atoms with van der Waals surface area (Å²) >= 11 is 3.58. The Balaban J connectivity index is 1.52. The fourth-order valence-corrected chi connectivity index (χ4v) is 5.14. The summed E-state index contributed by atoms with van der Waals surface area (Å²) in [5.74, 6) is 0.543. The predicted octanol–water partition coefficient (Wildman–Crippen LogP) is 5.71. The van der Waals surface area contributed by atoms with Crippen LogP contribution in [0.25, 0.3) is 0 Å². The van der Waals surface area contributed by atoms with E-state index in [1.165, 1.54) is 13.2 Å². The Morgan fingerprint density at radius 1 is 1.15 bits per heavy atom. The molecule has 11 heteroatoms. The van der Waals surface area contributed by atoms with Crippen LogP contribution < -0.4 is 20.1 Å². The third kappa shape index (κ3) is 5.22. The molecule has 1 aliphatic rings. The quantitative estimate of drug-likeness (QED) is 0.283. The summed E-state index contributed by atoms with van der Waals surface area (Å²) < 4.78 is 27.9. The molecule has 1 aromatic heterocycles. The zero-order chi connectivity index (χ0) is 27.7. The number of carbonyl (C=O) groups is 1. The van der Waals surface area contributed by atoms with E-state index >= 15 is 0 Å². The highest BCUT2D eigenvalue weighted by atomic mass is 79.9. The molecule has 0 saturated heterocycles. The summed E-state index contributed by atoms with van der Waals surface area (Å²) in [7, 11) is 1.52. The topological polar surface area (TPSA) is 103 Å². The van der Waals surface area contributed by atoms with E-state index in [1.54, 1.807) is 35.9 Å². The first-order chi connectivity index (χ1) is 18.8. The second-order valence-electron chi connectivity index (χ2n) is 9.20. The number of aromatic nitrogens is 4. The van der Waals surface area contributed by atoms with Crippen LogP contribution in [0.4, 0.5) is 16.0 Å². The smallest absolute Gasteiger partial charge is 0.255 e. The van der Waals surface area contributed by atoms with E-state index in [0.717, 1.165) is 11.1 Å². The normalized spacial score (nSPS) is 14.5. The average Bonchev–Trinajstić information content (AvgIpc) is 3.37. The van der Waals surface area contributed by atoms with Gasteiger partial charge in [0.05, 0.1) is 17.2 Å². The van der Waals surface area contributed by atoms with E-state index in [1.807, 2.05) is 38.1 Å². The first kappa shape index (κ1) is 26.4. The van der Waals surface area contributed by atoms with Gasteiger partial charge in [-0.25, -0.2) is 4.39 Å². The minimum Gasteiger partial charge on any atom is -0.493 e. The molecule has 5 rings (SSSR count). The molecule has 1 aliphatic heterocycles. The van der Waals surface area contributed by atoms with Gasteiger partial charge in [0, 0.05) is 16.9 Å². The van der Waals surface area contributed by atoms with Gasteiger partial charge in [0.2, 0.25) is 5.95 Å². The third-order valence-corrected chi connectivity index (χ3v) is 7.08.